The van der Waals surface area contributed by atoms with Crippen LogP contribution in [0.25, 0.3) is 0 Å². The van der Waals surface area contributed by atoms with E-state index in [4.69, 9.17) is 0 Å². The molecule has 5 rings (SSSR count). The molecule has 4 bridgehead atoms. The Labute approximate surface area is 166 Å². The molecule has 2 N–H and O–H groups in total. The number of carbonyl (C=O) groups excluding carboxylic acids is 3. The first-order valence-electron chi connectivity index (χ1n) is 10.6. The van der Waals surface area contributed by atoms with Crippen LogP contribution in [0.15, 0.2) is 24.3 Å². The lowest BCUT2D eigenvalue weighted by atomic mass is 9.49. The van der Waals surface area contributed by atoms with Crippen LogP contribution in [0.5, 0.6) is 0 Å². The lowest BCUT2D eigenvalue weighted by molar-refractivity contribution is -0.146. The van der Waals surface area contributed by atoms with Crippen LogP contribution in [0, 0.1) is 23.2 Å². The molecule has 1 aromatic carbocycles. The van der Waals surface area contributed by atoms with Crippen LogP contribution in [0.4, 0.5) is 5.69 Å². The molecule has 0 saturated heterocycles. The van der Waals surface area contributed by atoms with E-state index in [1.807, 2.05) is 0 Å². The molecular formula is C23H30N2O3. The summed E-state index contributed by atoms with van der Waals surface area (Å²) in [4.78, 5) is 36.5. The topological polar surface area (TPSA) is 75.3 Å². The third kappa shape index (κ3) is 3.98. The summed E-state index contributed by atoms with van der Waals surface area (Å²) in [6.07, 6.45) is 8.17. The molecular weight excluding hydrogens is 352 g/mol. The zero-order valence-electron chi connectivity index (χ0n) is 16.6. The number of nitrogens with one attached hydrogen (secondary N) is 2. The highest BCUT2D eigenvalue weighted by molar-refractivity contribution is 5.97. The Morgan fingerprint density at radius 2 is 1.68 bits per heavy atom. The Morgan fingerprint density at radius 3 is 2.29 bits per heavy atom. The van der Waals surface area contributed by atoms with Crippen molar-refractivity contribution < 1.29 is 14.4 Å². The predicted molar refractivity (Wildman–Crippen MR) is 108 cm³/mol. The van der Waals surface area contributed by atoms with Crippen molar-refractivity contribution in [1.82, 2.24) is 5.32 Å². The van der Waals surface area contributed by atoms with Crippen LogP contribution < -0.4 is 10.6 Å². The lowest BCUT2D eigenvalue weighted by Gasteiger charge is -2.55. The van der Waals surface area contributed by atoms with E-state index < -0.39 is 0 Å². The highest BCUT2D eigenvalue weighted by Gasteiger charge is 2.54. The van der Waals surface area contributed by atoms with Crippen LogP contribution in [0.1, 0.15) is 68.6 Å². The van der Waals surface area contributed by atoms with Crippen molar-refractivity contribution in [3.8, 4) is 0 Å². The highest BCUT2D eigenvalue weighted by atomic mass is 16.2. The summed E-state index contributed by atoms with van der Waals surface area (Å²) in [5.41, 5.74) is 1.10. The van der Waals surface area contributed by atoms with Crippen LogP contribution in [0.3, 0.4) is 0 Å². The van der Waals surface area contributed by atoms with Gasteiger partial charge < -0.3 is 10.6 Å². The minimum Gasteiger partial charge on any atom is -0.356 e. The minimum absolute atomic E-state index is 0.0245. The Hall–Kier alpha value is -2.17. The number of hydrogen-bond acceptors (Lipinski definition) is 3. The van der Waals surface area contributed by atoms with Gasteiger partial charge in [0.05, 0.1) is 0 Å². The smallest absolute Gasteiger partial charge is 0.226 e. The average Bonchev–Trinajstić information content (AvgIpc) is 2.64. The van der Waals surface area contributed by atoms with Gasteiger partial charge in [0.1, 0.15) is 0 Å². The molecule has 28 heavy (non-hydrogen) atoms. The number of Topliss-reactive ketones (excluding diaryl/α,β-unsaturated/α-hetero) is 1. The van der Waals surface area contributed by atoms with Gasteiger partial charge >= 0.3 is 0 Å². The molecule has 0 spiro atoms. The molecule has 0 unspecified atom stereocenters. The molecule has 5 nitrogen and oxygen atoms in total. The fraction of sp³-hybridized carbons (Fsp3) is 0.609. The van der Waals surface area contributed by atoms with Gasteiger partial charge in [0.15, 0.2) is 5.78 Å². The first-order chi connectivity index (χ1) is 13.4. The first kappa shape index (κ1) is 19.2. The van der Waals surface area contributed by atoms with E-state index >= 15 is 0 Å². The number of carbonyl (C=O) groups is 3. The minimum atomic E-state index is -0.121. The zero-order valence-corrected chi connectivity index (χ0v) is 16.6. The summed E-state index contributed by atoms with van der Waals surface area (Å²) in [6, 6.07) is 6.96. The molecule has 150 valence electrons. The van der Waals surface area contributed by atoms with Crippen LogP contribution in [-0.4, -0.2) is 24.1 Å². The van der Waals surface area contributed by atoms with Gasteiger partial charge in [0.2, 0.25) is 11.8 Å². The molecule has 4 aliphatic carbocycles. The third-order valence-corrected chi connectivity index (χ3v) is 6.94. The van der Waals surface area contributed by atoms with Crippen LogP contribution in [-0.2, 0) is 9.59 Å². The molecule has 1 aromatic rings. The Balaban J connectivity index is 1.21. The van der Waals surface area contributed by atoms with Crippen molar-refractivity contribution >= 4 is 23.3 Å². The summed E-state index contributed by atoms with van der Waals surface area (Å²) < 4.78 is 0. The van der Waals surface area contributed by atoms with Gasteiger partial charge in [-0.1, -0.05) is 12.1 Å². The van der Waals surface area contributed by atoms with Gasteiger partial charge in [-0.2, -0.15) is 0 Å². The van der Waals surface area contributed by atoms with E-state index in [1.54, 1.807) is 24.3 Å². The lowest BCUT2D eigenvalue weighted by Crippen LogP contribution is -2.53. The van der Waals surface area contributed by atoms with Crippen molar-refractivity contribution in [2.24, 2.45) is 23.2 Å². The van der Waals surface area contributed by atoms with Gasteiger partial charge in [0.25, 0.3) is 0 Å². The van der Waals surface area contributed by atoms with E-state index in [1.165, 1.54) is 26.2 Å². The molecule has 0 radical (unpaired) electrons. The van der Waals surface area contributed by atoms with E-state index in [0.29, 0.717) is 30.6 Å². The van der Waals surface area contributed by atoms with Crippen LogP contribution >= 0.6 is 0 Å². The van der Waals surface area contributed by atoms with Gasteiger partial charge in [-0.15, -0.1) is 0 Å². The fourth-order valence-electron chi connectivity index (χ4n) is 6.07. The summed E-state index contributed by atoms with van der Waals surface area (Å²) in [7, 11) is 0. The summed E-state index contributed by atoms with van der Waals surface area (Å²) >= 11 is 0. The van der Waals surface area contributed by atoms with Crippen LogP contribution in [0.2, 0.25) is 0 Å². The number of amides is 2. The SMILES string of the molecule is CC(=O)c1cccc(NC(=O)CCCNC(=O)C23CC4CC(CC(C4)C2)C3)c1. The monoisotopic (exact) mass is 382 g/mol. The van der Waals surface area contributed by atoms with E-state index in [2.05, 4.69) is 10.6 Å². The molecule has 4 fully saturated rings. The molecule has 4 saturated carbocycles. The molecule has 0 atom stereocenters. The normalized spacial score (nSPS) is 30.1. The second-order valence-corrected chi connectivity index (χ2v) is 9.24. The summed E-state index contributed by atoms with van der Waals surface area (Å²) in [6.45, 7) is 2.05. The second-order valence-electron chi connectivity index (χ2n) is 9.24. The maximum absolute atomic E-state index is 12.9. The standard InChI is InChI=1S/C23H30N2O3/c1-15(26)19-4-2-5-20(11-19)25-21(27)6-3-7-24-22(28)23-12-16-8-17(13-23)10-18(9-16)14-23/h2,4-5,11,16-18H,3,6-10,12-14H2,1H3,(H,24,28)(H,25,27). The molecule has 4 aliphatic rings. The van der Waals surface area contributed by atoms with Gasteiger partial charge in [-0.25, -0.2) is 0 Å². The quantitative estimate of drug-likeness (QED) is 0.554. The Bertz CT molecular complexity index is 751. The van der Waals surface area contributed by atoms with Crippen molar-refractivity contribution in [3.63, 3.8) is 0 Å². The second kappa shape index (κ2) is 7.69. The number of ketones is 1. The number of rotatable bonds is 7. The maximum Gasteiger partial charge on any atom is 0.226 e. The summed E-state index contributed by atoms with van der Waals surface area (Å²) in [5.74, 6) is 2.38. The van der Waals surface area contributed by atoms with Crippen molar-refractivity contribution in [2.45, 2.75) is 58.3 Å². The average molecular weight is 383 g/mol. The molecule has 0 aliphatic heterocycles. The highest BCUT2D eigenvalue weighted by Crippen LogP contribution is 2.60. The van der Waals surface area contributed by atoms with E-state index in [0.717, 1.165) is 37.0 Å². The number of hydrogen-bond donors (Lipinski definition) is 2. The van der Waals surface area contributed by atoms with Crippen molar-refractivity contribution in [2.75, 3.05) is 11.9 Å². The molecule has 0 aromatic heterocycles. The third-order valence-electron chi connectivity index (χ3n) is 6.94. The van der Waals surface area contributed by atoms with Gasteiger partial charge in [-0.05, 0) is 81.8 Å². The number of anilines is 1. The fourth-order valence-corrected chi connectivity index (χ4v) is 6.07. The largest absolute Gasteiger partial charge is 0.356 e. The maximum atomic E-state index is 12.9. The summed E-state index contributed by atoms with van der Waals surface area (Å²) in [5, 5.41) is 5.95. The van der Waals surface area contributed by atoms with Crippen molar-refractivity contribution in [1.29, 1.82) is 0 Å². The zero-order chi connectivity index (χ0) is 19.7. The Kier molecular flexibility index (Phi) is 5.26. The van der Waals surface area contributed by atoms with Gasteiger partial charge in [-0.3, -0.25) is 14.4 Å². The van der Waals surface area contributed by atoms with E-state index in [-0.39, 0.29) is 23.0 Å². The number of benzene rings is 1. The molecule has 2 amide bonds. The molecule has 5 heteroatoms. The van der Waals surface area contributed by atoms with Gasteiger partial charge in [0, 0.05) is 29.6 Å². The first-order valence-corrected chi connectivity index (χ1v) is 10.6. The van der Waals surface area contributed by atoms with E-state index in [9.17, 15) is 14.4 Å². The Morgan fingerprint density at radius 1 is 1.04 bits per heavy atom. The predicted octanol–water partition coefficient (Wildman–Crippen LogP) is 3.94. The van der Waals surface area contributed by atoms with Crippen molar-refractivity contribution in [3.05, 3.63) is 29.8 Å². The molecule has 0 heterocycles.